The Balaban J connectivity index is 2.21. The van der Waals surface area contributed by atoms with Crippen molar-refractivity contribution in [3.8, 4) is 0 Å². The lowest BCUT2D eigenvalue weighted by Crippen LogP contribution is -2.28. The zero-order chi connectivity index (χ0) is 9.68. The second kappa shape index (κ2) is 5.22. The van der Waals surface area contributed by atoms with Gasteiger partial charge in [0, 0.05) is 7.05 Å². The van der Waals surface area contributed by atoms with E-state index in [0.717, 1.165) is 18.8 Å². The molecule has 13 heavy (non-hydrogen) atoms. The minimum Gasteiger partial charge on any atom is -0.276 e. The summed E-state index contributed by atoms with van der Waals surface area (Å²) in [5, 5.41) is 1.27. The zero-order valence-electron chi connectivity index (χ0n) is 8.53. The summed E-state index contributed by atoms with van der Waals surface area (Å²) in [5.41, 5.74) is 0. The van der Waals surface area contributed by atoms with E-state index < -0.39 is 0 Å². The maximum absolute atomic E-state index is 10.3. The van der Waals surface area contributed by atoms with E-state index in [9.17, 15) is 4.79 Å². The molecular formula is C10H19NO2. The van der Waals surface area contributed by atoms with Gasteiger partial charge in [-0.15, -0.1) is 0 Å². The predicted octanol–water partition coefficient (Wildman–Crippen LogP) is 1.98. The number of carbonyl (C=O) groups excluding carboxylic acids is 1. The van der Waals surface area contributed by atoms with Crippen molar-refractivity contribution in [1.82, 2.24) is 5.06 Å². The van der Waals surface area contributed by atoms with Crippen molar-refractivity contribution in [2.45, 2.75) is 45.1 Å². The third kappa shape index (κ3) is 3.35. The number of nitrogens with zero attached hydrogens (tertiary/aromatic N) is 1. The summed E-state index contributed by atoms with van der Waals surface area (Å²) < 4.78 is 0. The number of hydrogen-bond acceptors (Lipinski definition) is 2. The van der Waals surface area contributed by atoms with Crippen LogP contribution < -0.4 is 0 Å². The van der Waals surface area contributed by atoms with Crippen molar-refractivity contribution in [3.63, 3.8) is 0 Å². The van der Waals surface area contributed by atoms with Crippen LogP contribution in [0.1, 0.15) is 39.0 Å². The fourth-order valence-corrected chi connectivity index (χ4v) is 1.91. The molecule has 1 aliphatic rings. The lowest BCUT2D eigenvalue weighted by molar-refractivity contribution is -0.189. The number of rotatable bonds is 4. The first-order valence-corrected chi connectivity index (χ1v) is 5.11. The van der Waals surface area contributed by atoms with E-state index >= 15 is 0 Å². The van der Waals surface area contributed by atoms with E-state index in [1.807, 2.05) is 0 Å². The summed E-state index contributed by atoms with van der Waals surface area (Å²) >= 11 is 0. The van der Waals surface area contributed by atoms with Gasteiger partial charge in [-0.2, -0.15) is 0 Å². The molecule has 0 heterocycles. The summed E-state index contributed by atoms with van der Waals surface area (Å²) in [5.74, 6) is 0.876. The van der Waals surface area contributed by atoms with Crippen LogP contribution in [0.4, 0.5) is 0 Å². The zero-order valence-corrected chi connectivity index (χ0v) is 8.53. The van der Waals surface area contributed by atoms with Crippen molar-refractivity contribution in [2.75, 3.05) is 7.05 Å². The first kappa shape index (κ1) is 10.5. The van der Waals surface area contributed by atoms with Crippen LogP contribution in [-0.2, 0) is 9.63 Å². The van der Waals surface area contributed by atoms with Gasteiger partial charge >= 0.3 is 0 Å². The highest BCUT2D eigenvalue weighted by Gasteiger charge is 2.21. The molecule has 0 aliphatic heterocycles. The molecular weight excluding hydrogens is 166 g/mol. The molecule has 76 valence electrons. The fraction of sp³-hybridized carbons (Fsp3) is 0.900. The second-order valence-corrected chi connectivity index (χ2v) is 3.81. The van der Waals surface area contributed by atoms with Crippen molar-refractivity contribution >= 4 is 6.41 Å². The van der Waals surface area contributed by atoms with Crippen LogP contribution in [0.2, 0.25) is 0 Å². The average Bonchev–Trinajstić information content (AvgIpc) is 2.19. The Labute approximate surface area is 80.0 Å². The fourth-order valence-electron chi connectivity index (χ4n) is 1.91. The molecule has 0 radical (unpaired) electrons. The van der Waals surface area contributed by atoms with E-state index in [-0.39, 0.29) is 6.10 Å². The standard InChI is InChI=1S/C10H19NO2/c1-3-9-4-6-10(7-5-9)13-11(2)8-12/h8-10H,3-7H2,1-2H3. The molecule has 0 aromatic carbocycles. The normalized spacial score (nSPS) is 28.5. The second-order valence-electron chi connectivity index (χ2n) is 3.81. The minimum atomic E-state index is 0.262. The van der Waals surface area contributed by atoms with Gasteiger partial charge in [-0.1, -0.05) is 13.3 Å². The topological polar surface area (TPSA) is 29.5 Å². The van der Waals surface area contributed by atoms with Crippen LogP contribution in [0.15, 0.2) is 0 Å². The lowest BCUT2D eigenvalue weighted by Gasteiger charge is -2.29. The van der Waals surface area contributed by atoms with Crippen LogP contribution >= 0.6 is 0 Å². The maximum Gasteiger partial charge on any atom is 0.233 e. The monoisotopic (exact) mass is 185 g/mol. The molecule has 1 amide bonds. The Morgan fingerprint density at radius 1 is 1.38 bits per heavy atom. The minimum absolute atomic E-state index is 0.262. The Kier molecular flexibility index (Phi) is 4.22. The molecule has 0 atom stereocenters. The molecule has 0 bridgehead atoms. The maximum atomic E-state index is 10.3. The molecule has 0 saturated heterocycles. The van der Waals surface area contributed by atoms with E-state index in [2.05, 4.69) is 6.92 Å². The van der Waals surface area contributed by atoms with E-state index in [1.54, 1.807) is 7.05 Å². The molecule has 1 rings (SSSR count). The van der Waals surface area contributed by atoms with Crippen LogP contribution in [0.5, 0.6) is 0 Å². The highest BCUT2D eigenvalue weighted by atomic mass is 16.7. The molecule has 0 N–H and O–H groups in total. The Morgan fingerprint density at radius 3 is 2.46 bits per heavy atom. The first-order valence-electron chi connectivity index (χ1n) is 5.11. The third-order valence-electron chi connectivity index (χ3n) is 2.83. The number of amides is 1. The highest BCUT2D eigenvalue weighted by molar-refractivity contribution is 5.44. The highest BCUT2D eigenvalue weighted by Crippen LogP contribution is 2.28. The van der Waals surface area contributed by atoms with Gasteiger partial charge in [0.1, 0.15) is 0 Å². The average molecular weight is 185 g/mol. The van der Waals surface area contributed by atoms with Gasteiger partial charge in [0.15, 0.2) is 0 Å². The van der Waals surface area contributed by atoms with Crippen LogP contribution in [0.25, 0.3) is 0 Å². The molecule has 0 aromatic heterocycles. The van der Waals surface area contributed by atoms with E-state index in [4.69, 9.17) is 4.84 Å². The van der Waals surface area contributed by atoms with Gasteiger partial charge < -0.3 is 0 Å². The van der Waals surface area contributed by atoms with Gasteiger partial charge in [0.05, 0.1) is 6.10 Å². The van der Waals surface area contributed by atoms with Crippen molar-refractivity contribution < 1.29 is 9.63 Å². The summed E-state index contributed by atoms with van der Waals surface area (Å²) in [6.07, 6.45) is 6.93. The Hall–Kier alpha value is -0.570. The Bertz CT molecular complexity index is 153. The number of hydrogen-bond donors (Lipinski definition) is 0. The van der Waals surface area contributed by atoms with Gasteiger partial charge in [-0.05, 0) is 31.6 Å². The van der Waals surface area contributed by atoms with E-state index in [1.165, 1.54) is 24.3 Å². The number of hydroxylamine groups is 2. The molecule has 0 aromatic rings. The molecule has 1 fully saturated rings. The van der Waals surface area contributed by atoms with Gasteiger partial charge in [-0.3, -0.25) is 9.63 Å². The molecule has 1 saturated carbocycles. The van der Waals surface area contributed by atoms with Crippen molar-refractivity contribution in [3.05, 3.63) is 0 Å². The summed E-state index contributed by atoms with van der Waals surface area (Å²) in [7, 11) is 1.65. The van der Waals surface area contributed by atoms with Crippen molar-refractivity contribution in [1.29, 1.82) is 0 Å². The lowest BCUT2D eigenvalue weighted by atomic mass is 9.86. The molecule has 3 heteroatoms. The van der Waals surface area contributed by atoms with Crippen LogP contribution in [-0.4, -0.2) is 24.6 Å². The molecule has 0 unspecified atom stereocenters. The number of carbonyl (C=O) groups is 1. The predicted molar refractivity (Wildman–Crippen MR) is 50.9 cm³/mol. The first-order chi connectivity index (χ1) is 6.26. The molecule has 1 aliphatic carbocycles. The summed E-state index contributed by atoms with van der Waals surface area (Å²) in [6.45, 7) is 2.24. The van der Waals surface area contributed by atoms with Crippen LogP contribution in [0.3, 0.4) is 0 Å². The largest absolute Gasteiger partial charge is 0.276 e. The van der Waals surface area contributed by atoms with E-state index in [0.29, 0.717) is 6.41 Å². The van der Waals surface area contributed by atoms with Gasteiger partial charge in [0.25, 0.3) is 0 Å². The Morgan fingerprint density at radius 2 is 2.00 bits per heavy atom. The smallest absolute Gasteiger partial charge is 0.233 e. The third-order valence-corrected chi connectivity index (χ3v) is 2.83. The van der Waals surface area contributed by atoms with Crippen LogP contribution in [0, 0.1) is 5.92 Å². The quantitative estimate of drug-likeness (QED) is 0.495. The SMILES string of the molecule is CCC1CCC(ON(C)C=O)CC1. The summed E-state index contributed by atoms with van der Waals surface area (Å²) in [4.78, 5) is 15.7. The molecule has 3 nitrogen and oxygen atoms in total. The van der Waals surface area contributed by atoms with Gasteiger partial charge in [0.2, 0.25) is 6.41 Å². The van der Waals surface area contributed by atoms with Gasteiger partial charge in [-0.25, -0.2) is 5.06 Å². The summed E-state index contributed by atoms with van der Waals surface area (Å²) in [6, 6.07) is 0. The van der Waals surface area contributed by atoms with Crippen molar-refractivity contribution in [2.24, 2.45) is 5.92 Å². The molecule has 0 spiro atoms.